The van der Waals surface area contributed by atoms with Crippen molar-refractivity contribution in [1.29, 1.82) is 0 Å². The molecule has 3 fully saturated rings. The lowest BCUT2D eigenvalue weighted by molar-refractivity contribution is 0.212. The molecule has 6 N–H and O–H groups in total. The Morgan fingerprint density at radius 1 is 1.05 bits per heavy atom. The standard InChI is InChI=1S/C14H28N6O/c1-9-12(8-17-20-9)19-14(21)18-11-4-2-10(3-5-11)13-15-6-7-16-13/h9-13,15-17,20H,2-8H2,1H3,(H2,18,19,21). The summed E-state index contributed by atoms with van der Waals surface area (Å²) in [7, 11) is 0. The fourth-order valence-corrected chi connectivity index (χ4v) is 3.64. The first kappa shape index (κ1) is 15.0. The molecule has 7 nitrogen and oxygen atoms in total. The molecule has 7 heteroatoms. The third kappa shape index (κ3) is 3.85. The highest BCUT2D eigenvalue weighted by Gasteiger charge is 2.30. The normalized spacial score (nSPS) is 37.6. The number of rotatable bonds is 3. The highest BCUT2D eigenvalue weighted by Crippen LogP contribution is 2.26. The lowest BCUT2D eigenvalue weighted by Crippen LogP contribution is -2.51. The Morgan fingerprint density at radius 3 is 2.38 bits per heavy atom. The van der Waals surface area contributed by atoms with Crippen molar-refractivity contribution in [3.05, 3.63) is 0 Å². The van der Waals surface area contributed by atoms with Crippen LogP contribution in [0.4, 0.5) is 4.79 Å². The lowest BCUT2D eigenvalue weighted by Gasteiger charge is -2.32. The Morgan fingerprint density at radius 2 is 1.76 bits per heavy atom. The molecular formula is C14H28N6O. The minimum atomic E-state index is -0.0297. The maximum Gasteiger partial charge on any atom is 0.315 e. The summed E-state index contributed by atoms with van der Waals surface area (Å²) >= 11 is 0. The first-order valence-electron chi connectivity index (χ1n) is 8.24. The molecule has 2 atom stereocenters. The quantitative estimate of drug-likeness (QED) is 0.412. The zero-order valence-corrected chi connectivity index (χ0v) is 12.7. The van der Waals surface area contributed by atoms with Crippen molar-refractivity contribution in [2.24, 2.45) is 5.92 Å². The Labute approximate surface area is 126 Å². The molecule has 1 aliphatic carbocycles. The average molecular weight is 296 g/mol. The summed E-state index contributed by atoms with van der Waals surface area (Å²) < 4.78 is 0. The maximum absolute atomic E-state index is 12.0. The van der Waals surface area contributed by atoms with E-state index in [1.807, 2.05) is 0 Å². The summed E-state index contributed by atoms with van der Waals surface area (Å²) in [6, 6.07) is 0.720. The molecule has 2 heterocycles. The van der Waals surface area contributed by atoms with Crippen LogP contribution in [0.25, 0.3) is 0 Å². The fraction of sp³-hybridized carbons (Fsp3) is 0.929. The van der Waals surface area contributed by atoms with Gasteiger partial charge in [-0.3, -0.25) is 10.9 Å². The Balaban J connectivity index is 1.37. The zero-order valence-electron chi connectivity index (χ0n) is 12.7. The van der Waals surface area contributed by atoms with Gasteiger partial charge >= 0.3 is 6.03 Å². The van der Waals surface area contributed by atoms with Crippen LogP contribution in [-0.4, -0.2) is 50.0 Å². The summed E-state index contributed by atoms with van der Waals surface area (Å²) in [6.07, 6.45) is 5.00. The van der Waals surface area contributed by atoms with Crippen molar-refractivity contribution in [3.63, 3.8) is 0 Å². The molecule has 120 valence electrons. The lowest BCUT2D eigenvalue weighted by atomic mass is 9.84. The molecule has 0 radical (unpaired) electrons. The van der Waals surface area contributed by atoms with E-state index in [9.17, 15) is 4.79 Å². The highest BCUT2D eigenvalue weighted by molar-refractivity contribution is 5.74. The smallest absolute Gasteiger partial charge is 0.315 e. The Hall–Kier alpha value is -0.890. The number of carbonyl (C=O) groups is 1. The van der Waals surface area contributed by atoms with Crippen molar-refractivity contribution in [3.8, 4) is 0 Å². The van der Waals surface area contributed by atoms with Gasteiger partial charge in [-0.25, -0.2) is 4.79 Å². The van der Waals surface area contributed by atoms with Crippen LogP contribution in [0.15, 0.2) is 0 Å². The molecule has 2 amide bonds. The van der Waals surface area contributed by atoms with Gasteiger partial charge in [0.1, 0.15) is 0 Å². The van der Waals surface area contributed by atoms with Gasteiger partial charge in [0.25, 0.3) is 0 Å². The number of carbonyl (C=O) groups excluding carboxylic acids is 1. The molecule has 2 aliphatic heterocycles. The number of hydrogen-bond acceptors (Lipinski definition) is 5. The molecule has 3 rings (SSSR count). The van der Waals surface area contributed by atoms with E-state index in [1.54, 1.807) is 0 Å². The minimum absolute atomic E-state index is 0.0297. The number of hydrogen-bond donors (Lipinski definition) is 6. The SMILES string of the molecule is CC1NNCC1NC(=O)NC1CCC(C2NCCN2)CC1. The maximum atomic E-state index is 12.0. The van der Waals surface area contributed by atoms with Gasteiger partial charge in [-0.05, 0) is 38.5 Å². The second-order valence-electron chi connectivity index (χ2n) is 6.54. The van der Waals surface area contributed by atoms with Crippen LogP contribution >= 0.6 is 0 Å². The number of urea groups is 1. The van der Waals surface area contributed by atoms with Crippen molar-refractivity contribution in [2.45, 2.75) is 56.9 Å². The molecular weight excluding hydrogens is 268 g/mol. The third-order valence-electron chi connectivity index (χ3n) is 5.00. The highest BCUT2D eigenvalue weighted by atomic mass is 16.2. The molecule has 0 aromatic heterocycles. The monoisotopic (exact) mass is 296 g/mol. The summed E-state index contributed by atoms with van der Waals surface area (Å²) in [6.45, 7) is 5.00. The van der Waals surface area contributed by atoms with Gasteiger partial charge in [-0.1, -0.05) is 0 Å². The van der Waals surface area contributed by atoms with Gasteiger partial charge in [-0.2, -0.15) is 0 Å². The van der Waals surface area contributed by atoms with Gasteiger partial charge in [0, 0.05) is 31.7 Å². The summed E-state index contributed by atoms with van der Waals surface area (Å²) in [5.74, 6) is 0.705. The second kappa shape index (κ2) is 6.91. The molecule has 3 aliphatic rings. The average Bonchev–Trinajstić information content (AvgIpc) is 3.12. The van der Waals surface area contributed by atoms with Crippen LogP contribution < -0.4 is 32.1 Å². The number of amides is 2. The van der Waals surface area contributed by atoms with Crippen molar-refractivity contribution >= 4 is 6.03 Å². The van der Waals surface area contributed by atoms with Gasteiger partial charge in [0.05, 0.1) is 12.2 Å². The van der Waals surface area contributed by atoms with E-state index in [0.29, 0.717) is 18.1 Å². The van der Waals surface area contributed by atoms with Crippen LogP contribution in [0.5, 0.6) is 0 Å². The van der Waals surface area contributed by atoms with Crippen molar-refractivity contribution < 1.29 is 4.79 Å². The predicted octanol–water partition coefficient (Wildman–Crippen LogP) is -0.772. The van der Waals surface area contributed by atoms with Crippen LogP contribution in [-0.2, 0) is 0 Å². The van der Waals surface area contributed by atoms with E-state index < -0.39 is 0 Å². The van der Waals surface area contributed by atoms with Crippen LogP contribution in [0, 0.1) is 5.92 Å². The first-order chi connectivity index (χ1) is 10.2. The Kier molecular flexibility index (Phi) is 4.95. The van der Waals surface area contributed by atoms with E-state index in [1.165, 1.54) is 12.8 Å². The van der Waals surface area contributed by atoms with E-state index in [4.69, 9.17) is 0 Å². The number of nitrogens with one attached hydrogen (secondary N) is 6. The van der Waals surface area contributed by atoms with E-state index in [2.05, 4.69) is 39.0 Å². The molecule has 0 spiro atoms. The number of hydrazine groups is 1. The minimum Gasteiger partial charge on any atom is -0.335 e. The topological polar surface area (TPSA) is 89.2 Å². The molecule has 0 bridgehead atoms. The molecule has 1 saturated carbocycles. The van der Waals surface area contributed by atoms with Crippen molar-refractivity contribution in [1.82, 2.24) is 32.1 Å². The van der Waals surface area contributed by atoms with Crippen LogP contribution in [0.3, 0.4) is 0 Å². The van der Waals surface area contributed by atoms with E-state index in [-0.39, 0.29) is 18.1 Å². The molecule has 2 unspecified atom stereocenters. The Bertz CT molecular complexity index is 351. The molecule has 2 saturated heterocycles. The van der Waals surface area contributed by atoms with Crippen LogP contribution in [0.2, 0.25) is 0 Å². The molecule has 0 aromatic rings. The van der Waals surface area contributed by atoms with Gasteiger partial charge in [-0.15, -0.1) is 0 Å². The van der Waals surface area contributed by atoms with Gasteiger partial charge < -0.3 is 21.3 Å². The summed E-state index contributed by atoms with van der Waals surface area (Å²) in [5.41, 5.74) is 6.17. The second-order valence-corrected chi connectivity index (χ2v) is 6.54. The predicted molar refractivity (Wildman–Crippen MR) is 81.6 cm³/mol. The van der Waals surface area contributed by atoms with Gasteiger partial charge in [0.15, 0.2) is 0 Å². The fourth-order valence-electron chi connectivity index (χ4n) is 3.64. The largest absolute Gasteiger partial charge is 0.335 e. The summed E-state index contributed by atoms with van der Waals surface area (Å²) in [5, 5.41) is 13.2. The molecule has 21 heavy (non-hydrogen) atoms. The van der Waals surface area contributed by atoms with Crippen LogP contribution in [0.1, 0.15) is 32.6 Å². The molecule has 0 aromatic carbocycles. The van der Waals surface area contributed by atoms with E-state index in [0.717, 1.165) is 32.5 Å². The van der Waals surface area contributed by atoms with Crippen molar-refractivity contribution in [2.75, 3.05) is 19.6 Å². The van der Waals surface area contributed by atoms with Gasteiger partial charge in [0.2, 0.25) is 0 Å². The van der Waals surface area contributed by atoms with E-state index >= 15 is 0 Å². The first-order valence-corrected chi connectivity index (χ1v) is 8.24. The third-order valence-corrected chi connectivity index (χ3v) is 5.00. The summed E-state index contributed by atoms with van der Waals surface area (Å²) in [4.78, 5) is 12.0. The zero-order chi connectivity index (χ0) is 14.7.